The Balaban J connectivity index is 2.80. The lowest BCUT2D eigenvalue weighted by Gasteiger charge is -2.15. The maximum atomic E-state index is 11.7. The van der Waals surface area contributed by atoms with Gasteiger partial charge in [-0.3, -0.25) is 9.59 Å². The summed E-state index contributed by atoms with van der Waals surface area (Å²) in [6.45, 7) is 1.29. The van der Waals surface area contributed by atoms with E-state index in [0.717, 1.165) is 0 Å². The summed E-state index contributed by atoms with van der Waals surface area (Å²) in [5.74, 6) is -1.12. The highest BCUT2D eigenvalue weighted by Crippen LogP contribution is 2.15. The first-order valence-corrected chi connectivity index (χ1v) is 5.64. The van der Waals surface area contributed by atoms with Crippen LogP contribution < -0.4 is 5.32 Å². The zero-order chi connectivity index (χ0) is 14.4. The van der Waals surface area contributed by atoms with Crippen LogP contribution in [0.15, 0.2) is 24.3 Å². The molecule has 0 spiro atoms. The summed E-state index contributed by atoms with van der Waals surface area (Å²) >= 11 is 0. The highest BCUT2D eigenvalue weighted by molar-refractivity contribution is 6.02. The zero-order valence-corrected chi connectivity index (χ0v) is 11.1. The average Bonchev–Trinajstić information content (AvgIpc) is 2.38. The number of carbonyl (C=O) groups excluding carboxylic acids is 3. The van der Waals surface area contributed by atoms with Crippen molar-refractivity contribution in [1.82, 2.24) is 4.90 Å². The maximum absolute atomic E-state index is 11.7. The minimum atomic E-state index is -0.532. The number of anilines is 1. The summed E-state index contributed by atoms with van der Waals surface area (Å²) < 4.78 is 4.62. The molecule has 6 heteroatoms. The van der Waals surface area contributed by atoms with E-state index in [-0.39, 0.29) is 23.9 Å². The van der Waals surface area contributed by atoms with Gasteiger partial charge >= 0.3 is 5.97 Å². The number of nitrogens with zero attached hydrogens (tertiary/aromatic N) is 1. The Bertz CT molecular complexity index is 499. The Labute approximate surface area is 111 Å². The molecule has 2 amide bonds. The number of hydrogen-bond acceptors (Lipinski definition) is 4. The number of nitrogens with one attached hydrogen (secondary N) is 1. The third-order valence-electron chi connectivity index (χ3n) is 2.52. The van der Waals surface area contributed by atoms with Crippen molar-refractivity contribution >= 4 is 23.5 Å². The molecule has 1 rings (SSSR count). The molecular weight excluding hydrogens is 248 g/mol. The van der Waals surface area contributed by atoms with E-state index < -0.39 is 5.97 Å². The Morgan fingerprint density at radius 3 is 2.47 bits per heavy atom. The molecular formula is C13H16N2O4. The first-order chi connectivity index (χ1) is 8.95. The average molecular weight is 264 g/mol. The number of ether oxygens (including phenoxy) is 1. The smallest absolute Gasteiger partial charge is 0.339 e. The van der Waals surface area contributed by atoms with Crippen molar-refractivity contribution in [2.75, 3.05) is 26.0 Å². The molecule has 0 bridgehead atoms. The Hall–Kier alpha value is -2.37. The fourth-order valence-electron chi connectivity index (χ4n) is 1.40. The highest BCUT2D eigenvalue weighted by atomic mass is 16.5. The molecule has 0 aliphatic rings. The second-order valence-electron chi connectivity index (χ2n) is 3.96. The van der Waals surface area contributed by atoms with Crippen LogP contribution in [0.25, 0.3) is 0 Å². The number of para-hydroxylation sites is 1. The van der Waals surface area contributed by atoms with Crippen molar-refractivity contribution in [3.63, 3.8) is 0 Å². The third-order valence-corrected chi connectivity index (χ3v) is 2.52. The summed E-state index contributed by atoms with van der Waals surface area (Å²) in [7, 11) is 2.79. The molecule has 6 nitrogen and oxygen atoms in total. The zero-order valence-electron chi connectivity index (χ0n) is 11.1. The minimum absolute atomic E-state index is 0.0785. The second kappa shape index (κ2) is 6.53. The predicted molar refractivity (Wildman–Crippen MR) is 69.7 cm³/mol. The Morgan fingerprint density at radius 1 is 1.26 bits per heavy atom. The van der Waals surface area contributed by atoms with Gasteiger partial charge in [0.25, 0.3) is 0 Å². The number of methoxy groups -OCH3 is 1. The van der Waals surface area contributed by atoms with Gasteiger partial charge in [0.05, 0.1) is 24.9 Å². The molecule has 1 aromatic rings. The first-order valence-electron chi connectivity index (χ1n) is 5.64. The van der Waals surface area contributed by atoms with Gasteiger partial charge < -0.3 is 15.0 Å². The number of benzene rings is 1. The van der Waals surface area contributed by atoms with Gasteiger partial charge in [-0.15, -0.1) is 0 Å². The van der Waals surface area contributed by atoms with Gasteiger partial charge in [0.15, 0.2) is 0 Å². The molecule has 102 valence electrons. The van der Waals surface area contributed by atoms with Crippen LogP contribution in [0, 0.1) is 0 Å². The molecule has 0 atom stereocenters. The maximum Gasteiger partial charge on any atom is 0.339 e. The standard InChI is InChI=1S/C13H16N2O4/c1-9(16)15(2)8-12(17)14-11-7-5-4-6-10(11)13(18)19-3/h4-7H,8H2,1-3H3,(H,14,17). The summed E-state index contributed by atoms with van der Waals surface area (Å²) in [5, 5.41) is 2.58. The van der Waals surface area contributed by atoms with Crippen molar-refractivity contribution < 1.29 is 19.1 Å². The second-order valence-corrected chi connectivity index (χ2v) is 3.96. The molecule has 0 saturated carbocycles. The minimum Gasteiger partial charge on any atom is -0.465 e. The number of carbonyl (C=O) groups is 3. The fraction of sp³-hybridized carbons (Fsp3) is 0.308. The van der Waals surface area contributed by atoms with Gasteiger partial charge in [0.1, 0.15) is 0 Å². The summed E-state index contributed by atoms with van der Waals surface area (Å²) in [6.07, 6.45) is 0. The largest absolute Gasteiger partial charge is 0.465 e. The topological polar surface area (TPSA) is 75.7 Å². The highest BCUT2D eigenvalue weighted by Gasteiger charge is 2.14. The van der Waals surface area contributed by atoms with E-state index in [1.807, 2.05) is 0 Å². The van der Waals surface area contributed by atoms with E-state index >= 15 is 0 Å². The molecule has 0 aliphatic carbocycles. The van der Waals surface area contributed by atoms with E-state index in [9.17, 15) is 14.4 Å². The van der Waals surface area contributed by atoms with Gasteiger partial charge in [-0.1, -0.05) is 12.1 Å². The molecule has 0 heterocycles. The SMILES string of the molecule is COC(=O)c1ccccc1NC(=O)CN(C)C(C)=O. The lowest BCUT2D eigenvalue weighted by atomic mass is 10.2. The number of likely N-dealkylation sites (N-methyl/N-ethyl adjacent to an activating group) is 1. The van der Waals surface area contributed by atoms with E-state index in [1.54, 1.807) is 24.3 Å². The monoisotopic (exact) mass is 264 g/mol. The van der Waals surface area contributed by atoms with Crippen molar-refractivity contribution in [3.05, 3.63) is 29.8 Å². The molecule has 19 heavy (non-hydrogen) atoms. The number of rotatable bonds is 4. The van der Waals surface area contributed by atoms with Crippen LogP contribution in [-0.4, -0.2) is 43.4 Å². The van der Waals surface area contributed by atoms with E-state index in [2.05, 4.69) is 10.1 Å². The van der Waals surface area contributed by atoms with Gasteiger partial charge in [-0.25, -0.2) is 4.79 Å². The molecule has 0 aliphatic heterocycles. The lowest BCUT2D eigenvalue weighted by Crippen LogP contribution is -2.33. The first kappa shape index (κ1) is 14.7. The van der Waals surface area contributed by atoms with Crippen molar-refractivity contribution in [3.8, 4) is 0 Å². The van der Waals surface area contributed by atoms with Crippen LogP contribution in [0.5, 0.6) is 0 Å². The molecule has 0 saturated heterocycles. The summed E-state index contributed by atoms with van der Waals surface area (Å²) in [5.41, 5.74) is 0.625. The molecule has 1 aromatic carbocycles. The van der Waals surface area contributed by atoms with Crippen LogP contribution in [0.1, 0.15) is 17.3 Å². The van der Waals surface area contributed by atoms with Crippen LogP contribution >= 0.6 is 0 Å². The summed E-state index contributed by atoms with van der Waals surface area (Å²) in [4.78, 5) is 35.5. The fourth-order valence-corrected chi connectivity index (χ4v) is 1.40. The Kier molecular flexibility index (Phi) is 5.05. The third kappa shape index (κ3) is 4.09. The van der Waals surface area contributed by atoms with Crippen molar-refractivity contribution in [2.24, 2.45) is 0 Å². The van der Waals surface area contributed by atoms with E-state index in [0.29, 0.717) is 5.69 Å². The van der Waals surface area contributed by atoms with Crippen LogP contribution in [0.2, 0.25) is 0 Å². The van der Waals surface area contributed by atoms with Gasteiger partial charge in [0, 0.05) is 14.0 Å². The number of esters is 1. The quantitative estimate of drug-likeness (QED) is 0.819. The normalized spacial score (nSPS) is 9.63. The molecule has 0 aromatic heterocycles. The molecule has 0 fully saturated rings. The molecule has 0 unspecified atom stereocenters. The van der Waals surface area contributed by atoms with Gasteiger partial charge in [-0.2, -0.15) is 0 Å². The Morgan fingerprint density at radius 2 is 1.89 bits per heavy atom. The van der Waals surface area contributed by atoms with Gasteiger partial charge in [0.2, 0.25) is 11.8 Å². The number of hydrogen-bond donors (Lipinski definition) is 1. The number of amides is 2. The molecule has 1 N–H and O–H groups in total. The van der Waals surface area contributed by atoms with Crippen LogP contribution in [-0.2, 0) is 14.3 Å². The van der Waals surface area contributed by atoms with Crippen molar-refractivity contribution in [2.45, 2.75) is 6.92 Å². The lowest BCUT2D eigenvalue weighted by molar-refractivity contribution is -0.131. The van der Waals surface area contributed by atoms with Crippen molar-refractivity contribution in [1.29, 1.82) is 0 Å². The predicted octanol–water partition coefficient (Wildman–Crippen LogP) is 0.890. The van der Waals surface area contributed by atoms with E-state index in [4.69, 9.17) is 0 Å². The molecule has 0 radical (unpaired) electrons. The van der Waals surface area contributed by atoms with Gasteiger partial charge in [-0.05, 0) is 12.1 Å². The summed E-state index contributed by atoms with van der Waals surface area (Å²) in [6, 6.07) is 6.51. The van der Waals surface area contributed by atoms with Crippen LogP contribution in [0.3, 0.4) is 0 Å². The van der Waals surface area contributed by atoms with Crippen LogP contribution in [0.4, 0.5) is 5.69 Å². The van der Waals surface area contributed by atoms with E-state index in [1.165, 1.54) is 26.0 Å².